The minimum atomic E-state index is -0.437. The second-order valence-electron chi connectivity index (χ2n) is 4.39. The largest absolute Gasteiger partial charge is 0.459 e. The van der Waals surface area contributed by atoms with Crippen molar-refractivity contribution < 1.29 is 9.53 Å². The third kappa shape index (κ3) is 5.41. The van der Waals surface area contributed by atoms with E-state index in [1.54, 1.807) is 12.3 Å². The highest BCUT2D eigenvalue weighted by Crippen LogP contribution is 2.06. The summed E-state index contributed by atoms with van der Waals surface area (Å²) in [6.07, 6.45) is 3.14. The van der Waals surface area contributed by atoms with Crippen molar-refractivity contribution in [3.8, 4) is 0 Å². The van der Waals surface area contributed by atoms with Crippen LogP contribution < -0.4 is 5.32 Å². The number of carbonyl (C=O) groups excluding carboxylic acids is 1. The SMILES string of the molecule is CC(C)(C)OC(=O)CNCc1ccncn1. The van der Waals surface area contributed by atoms with Gasteiger partial charge in [-0.3, -0.25) is 4.79 Å². The van der Waals surface area contributed by atoms with Crippen LogP contribution in [0.5, 0.6) is 0 Å². The zero-order chi connectivity index (χ0) is 12.0. The molecule has 0 saturated heterocycles. The molecule has 88 valence electrons. The molecule has 1 aromatic heterocycles. The highest BCUT2D eigenvalue weighted by atomic mass is 16.6. The predicted molar refractivity (Wildman–Crippen MR) is 59.6 cm³/mol. The molecule has 0 aliphatic carbocycles. The molecule has 0 radical (unpaired) electrons. The number of hydrogen-bond donors (Lipinski definition) is 1. The number of hydrogen-bond acceptors (Lipinski definition) is 5. The van der Waals surface area contributed by atoms with E-state index < -0.39 is 5.60 Å². The van der Waals surface area contributed by atoms with Crippen LogP contribution in [0, 0.1) is 0 Å². The Kier molecular flexibility index (Phi) is 4.37. The fourth-order valence-corrected chi connectivity index (χ4v) is 1.09. The molecule has 0 spiro atoms. The molecule has 16 heavy (non-hydrogen) atoms. The van der Waals surface area contributed by atoms with Crippen molar-refractivity contribution in [1.82, 2.24) is 15.3 Å². The van der Waals surface area contributed by atoms with E-state index in [0.29, 0.717) is 6.54 Å². The van der Waals surface area contributed by atoms with Gasteiger partial charge in [0.1, 0.15) is 11.9 Å². The van der Waals surface area contributed by atoms with Crippen LogP contribution in [0.1, 0.15) is 26.5 Å². The zero-order valence-corrected chi connectivity index (χ0v) is 9.86. The normalized spacial score (nSPS) is 11.2. The van der Waals surface area contributed by atoms with Crippen LogP contribution in [0.3, 0.4) is 0 Å². The van der Waals surface area contributed by atoms with Gasteiger partial charge in [-0.25, -0.2) is 9.97 Å². The molecule has 5 heteroatoms. The third-order valence-corrected chi connectivity index (χ3v) is 1.64. The lowest BCUT2D eigenvalue weighted by atomic mass is 10.2. The van der Waals surface area contributed by atoms with Gasteiger partial charge in [-0.05, 0) is 26.8 Å². The summed E-state index contributed by atoms with van der Waals surface area (Å²) in [4.78, 5) is 19.2. The van der Waals surface area contributed by atoms with Gasteiger partial charge >= 0.3 is 5.97 Å². The molecule has 0 unspecified atom stereocenters. The molecule has 0 atom stereocenters. The van der Waals surface area contributed by atoms with Crippen molar-refractivity contribution in [3.63, 3.8) is 0 Å². The summed E-state index contributed by atoms with van der Waals surface area (Å²) in [6, 6.07) is 1.79. The summed E-state index contributed by atoms with van der Waals surface area (Å²) in [6.45, 7) is 6.24. The quantitative estimate of drug-likeness (QED) is 0.768. The van der Waals surface area contributed by atoms with Crippen molar-refractivity contribution in [2.75, 3.05) is 6.54 Å². The number of nitrogens with zero attached hydrogens (tertiary/aromatic N) is 2. The van der Waals surface area contributed by atoms with Crippen molar-refractivity contribution in [1.29, 1.82) is 0 Å². The first kappa shape index (κ1) is 12.6. The summed E-state index contributed by atoms with van der Waals surface area (Å²) in [7, 11) is 0. The van der Waals surface area contributed by atoms with E-state index in [2.05, 4.69) is 15.3 Å². The molecule has 0 aliphatic rings. The minimum Gasteiger partial charge on any atom is -0.459 e. The molecule has 0 aromatic carbocycles. The summed E-state index contributed by atoms with van der Waals surface area (Å²) in [5.41, 5.74) is 0.409. The van der Waals surface area contributed by atoms with E-state index in [4.69, 9.17) is 4.74 Å². The van der Waals surface area contributed by atoms with Crippen LogP contribution in [0.2, 0.25) is 0 Å². The number of rotatable bonds is 4. The molecular weight excluding hydrogens is 206 g/mol. The molecule has 0 aliphatic heterocycles. The van der Waals surface area contributed by atoms with Crippen molar-refractivity contribution in [2.45, 2.75) is 32.9 Å². The maximum atomic E-state index is 11.3. The summed E-state index contributed by atoms with van der Waals surface area (Å²) < 4.78 is 5.14. The first-order valence-corrected chi connectivity index (χ1v) is 5.15. The predicted octanol–water partition coefficient (Wildman–Crippen LogP) is 0.908. The van der Waals surface area contributed by atoms with Gasteiger partial charge in [0, 0.05) is 12.7 Å². The van der Waals surface area contributed by atoms with E-state index in [9.17, 15) is 4.79 Å². The van der Waals surface area contributed by atoms with Crippen molar-refractivity contribution in [2.24, 2.45) is 0 Å². The molecule has 0 fully saturated rings. The molecule has 0 bridgehead atoms. The maximum Gasteiger partial charge on any atom is 0.320 e. The molecule has 1 rings (SSSR count). The summed E-state index contributed by atoms with van der Waals surface area (Å²) in [5, 5.41) is 2.96. The Morgan fingerprint density at radius 3 is 2.81 bits per heavy atom. The van der Waals surface area contributed by atoms with Crippen LogP contribution >= 0.6 is 0 Å². The van der Waals surface area contributed by atoms with Crippen LogP contribution in [-0.2, 0) is 16.1 Å². The molecular formula is C11H17N3O2. The number of esters is 1. The van der Waals surface area contributed by atoms with Crippen molar-refractivity contribution in [3.05, 3.63) is 24.3 Å². The van der Waals surface area contributed by atoms with Gasteiger partial charge < -0.3 is 10.1 Å². The highest BCUT2D eigenvalue weighted by molar-refractivity contribution is 5.72. The Morgan fingerprint density at radius 1 is 1.50 bits per heavy atom. The highest BCUT2D eigenvalue weighted by Gasteiger charge is 2.15. The number of carbonyl (C=O) groups is 1. The van der Waals surface area contributed by atoms with Gasteiger partial charge in [-0.15, -0.1) is 0 Å². The Hall–Kier alpha value is -1.49. The van der Waals surface area contributed by atoms with Gasteiger partial charge in [0.25, 0.3) is 0 Å². The van der Waals surface area contributed by atoms with Crippen LogP contribution in [0.15, 0.2) is 18.6 Å². The third-order valence-electron chi connectivity index (χ3n) is 1.64. The fraction of sp³-hybridized carbons (Fsp3) is 0.545. The van der Waals surface area contributed by atoms with Crippen LogP contribution in [0.25, 0.3) is 0 Å². The van der Waals surface area contributed by atoms with E-state index in [-0.39, 0.29) is 12.5 Å². The number of aromatic nitrogens is 2. The lowest BCUT2D eigenvalue weighted by Crippen LogP contribution is -2.31. The number of ether oxygens (including phenoxy) is 1. The average molecular weight is 223 g/mol. The average Bonchev–Trinajstić information content (AvgIpc) is 2.16. The molecule has 0 amide bonds. The van der Waals surface area contributed by atoms with Gasteiger partial charge in [-0.1, -0.05) is 0 Å². The first-order chi connectivity index (χ1) is 7.47. The Balaban J connectivity index is 2.24. The topological polar surface area (TPSA) is 64.1 Å². The van der Waals surface area contributed by atoms with Crippen molar-refractivity contribution >= 4 is 5.97 Å². The molecule has 1 aromatic rings. The molecule has 5 nitrogen and oxygen atoms in total. The molecule has 1 heterocycles. The molecule has 0 saturated carbocycles. The second-order valence-corrected chi connectivity index (χ2v) is 4.39. The Bertz CT molecular complexity index is 333. The smallest absolute Gasteiger partial charge is 0.320 e. The van der Waals surface area contributed by atoms with Gasteiger partial charge in [0.15, 0.2) is 0 Å². The van der Waals surface area contributed by atoms with Crippen LogP contribution in [0.4, 0.5) is 0 Å². The minimum absolute atomic E-state index is 0.182. The monoisotopic (exact) mass is 223 g/mol. The molecule has 1 N–H and O–H groups in total. The second kappa shape index (κ2) is 5.55. The Labute approximate surface area is 95.3 Å². The zero-order valence-electron chi connectivity index (χ0n) is 9.86. The lowest BCUT2D eigenvalue weighted by Gasteiger charge is -2.19. The Morgan fingerprint density at radius 2 is 2.25 bits per heavy atom. The van der Waals surface area contributed by atoms with E-state index in [0.717, 1.165) is 5.69 Å². The first-order valence-electron chi connectivity index (χ1n) is 5.15. The standard InChI is InChI=1S/C11H17N3O2/c1-11(2,3)16-10(15)7-13-6-9-4-5-12-8-14-9/h4-5,8,13H,6-7H2,1-3H3. The van der Waals surface area contributed by atoms with Gasteiger partial charge in [0.2, 0.25) is 0 Å². The van der Waals surface area contributed by atoms with E-state index >= 15 is 0 Å². The summed E-state index contributed by atoms with van der Waals surface area (Å²) in [5.74, 6) is -0.262. The van der Waals surface area contributed by atoms with Crippen LogP contribution in [-0.4, -0.2) is 28.1 Å². The van der Waals surface area contributed by atoms with E-state index in [1.165, 1.54) is 6.33 Å². The van der Waals surface area contributed by atoms with E-state index in [1.807, 2.05) is 20.8 Å². The lowest BCUT2D eigenvalue weighted by molar-refractivity contribution is -0.153. The van der Waals surface area contributed by atoms with Gasteiger partial charge in [-0.2, -0.15) is 0 Å². The maximum absolute atomic E-state index is 11.3. The number of nitrogens with one attached hydrogen (secondary N) is 1. The fourth-order valence-electron chi connectivity index (χ4n) is 1.09. The summed E-state index contributed by atoms with van der Waals surface area (Å²) >= 11 is 0. The van der Waals surface area contributed by atoms with Gasteiger partial charge in [0.05, 0.1) is 12.2 Å².